The highest BCUT2D eigenvalue weighted by Gasteiger charge is 2.01. The van der Waals surface area contributed by atoms with E-state index in [2.05, 4.69) is 24.3 Å². The molecule has 0 atom stereocenters. The molecule has 0 radical (unpaired) electrons. The van der Waals surface area contributed by atoms with Crippen LogP contribution in [0.25, 0.3) is 0 Å². The van der Waals surface area contributed by atoms with Crippen LogP contribution in [0.1, 0.15) is 35.1 Å². The molecule has 4 aromatic carbocycles. The first-order chi connectivity index (χ1) is 18.1. The maximum Gasteiger partial charge on any atom is 0.119 e. The van der Waals surface area contributed by atoms with E-state index in [-0.39, 0.29) is 11.5 Å². The summed E-state index contributed by atoms with van der Waals surface area (Å²) in [6.07, 6.45) is 3.93. The maximum atomic E-state index is 9.35. The van der Waals surface area contributed by atoms with Gasteiger partial charge in [-0.15, -0.1) is 0 Å². The minimum Gasteiger partial charge on any atom is -0.508 e. The molecule has 0 bridgehead atoms. The molecule has 0 spiro atoms. The van der Waals surface area contributed by atoms with Crippen LogP contribution in [-0.4, -0.2) is 23.4 Å². The van der Waals surface area contributed by atoms with E-state index < -0.39 is 0 Å². The van der Waals surface area contributed by atoms with E-state index in [0.717, 1.165) is 61.5 Å². The summed E-state index contributed by atoms with van der Waals surface area (Å²) in [5.74, 6) is 2.20. The average molecular weight is 499 g/mol. The summed E-state index contributed by atoms with van der Waals surface area (Å²) >= 11 is 0. The van der Waals surface area contributed by atoms with Crippen LogP contribution in [0.2, 0.25) is 0 Å². The third-order valence-corrected chi connectivity index (χ3v) is 6.04. The number of aryl methyl sites for hydroxylation is 2. The van der Waals surface area contributed by atoms with Gasteiger partial charge in [0.15, 0.2) is 0 Å². The fraction of sp³-hybridized carbons (Fsp3) is 0.250. The number of hydrogen-bond donors (Lipinski definition) is 2. The van der Waals surface area contributed by atoms with Crippen molar-refractivity contribution in [3.05, 3.63) is 119 Å². The van der Waals surface area contributed by atoms with Gasteiger partial charge in [-0.1, -0.05) is 48.5 Å². The van der Waals surface area contributed by atoms with Gasteiger partial charge in [0.1, 0.15) is 36.2 Å². The molecule has 5 nitrogen and oxygen atoms in total. The van der Waals surface area contributed by atoms with E-state index in [0.29, 0.717) is 13.2 Å². The van der Waals surface area contributed by atoms with Gasteiger partial charge in [0.25, 0.3) is 0 Å². The van der Waals surface area contributed by atoms with Gasteiger partial charge in [-0.25, -0.2) is 0 Å². The monoisotopic (exact) mass is 498 g/mol. The van der Waals surface area contributed by atoms with Crippen LogP contribution >= 0.6 is 0 Å². The lowest BCUT2D eigenvalue weighted by Gasteiger charge is -2.09. The molecule has 0 unspecified atom stereocenters. The molecule has 192 valence electrons. The van der Waals surface area contributed by atoms with E-state index in [1.54, 1.807) is 24.3 Å². The summed E-state index contributed by atoms with van der Waals surface area (Å²) in [6, 6.07) is 30.5. The van der Waals surface area contributed by atoms with Crippen molar-refractivity contribution in [1.82, 2.24) is 0 Å². The highest BCUT2D eigenvalue weighted by atomic mass is 16.5. The number of phenolic OH excluding ortho intramolecular Hbond substituents is 2. The van der Waals surface area contributed by atoms with Gasteiger partial charge in [-0.2, -0.15) is 0 Å². The highest BCUT2D eigenvalue weighted by Crippen LogP contribution is 2.18. The van der Waals surface area contributed by atoms with Crippen molar-refractivity contribution in [1.29, 1.82) is 0 Å². The predicted octanol–water partition coefficient (Wildman–Crippen LogP) is 6.84. The van der Waals surface area contributed by atoms with Crippen molar-refractivity contribution in [2.75, 3.05) is 13.2 Å². The topological polar surface area (TPSA) is 68.2 Å². The molecule has 0 aliphatic carbocycles. The fourth-order valence-corrected chi connectivity index (χ4v) is 3.88. The summed E-state index contributed by atoms with van der Waals surface area (Å²) in [4.78, 5) is 0. The Morgan fingerprint density at radius 3 is 1.16 bits per heavy atom. The lowest BCUT2D eigenvalue weighted by molar-refractivity contribution is 0.130. The number of aromatic hydroxyl groups is 2. The van der Waals surface area contributed by atoms with Gasteiger partial charge >= 0.3 is 0 Å². The summed E-state index contributed by atoms with van der Waals surface area (Å²) < 4.78 is 17.5. The molecule has 37 heavy (non-hydrogen) atoms. The summed E-state index contributed by atoms with van der Waals surface area (Å²) in [5, 5.41) is 18.7. The SMILES string of the molecule is Oc1ccc(COc2ccc(CCCOCCCc3ccc(OCc4ccc(O)cc4)cc3)cc2)cc1. The van der Waals surface area contributed by atoms with Gasteiger partial charge in [0, 0.05) is 13.2 Å². The minimum atomic E-state index is 0.261. The van der Waals surface area contributed by atoms with E-state index in [4.69, 9.17) is 14.2 Å². The third kappa shape index (κ3) is 9.21. The van der Waals surface area contributed by atoms with Crippen molar-refractivity contribution >= 4 is 0 Å². The first-order valence-corrected chi connectivity index (χ1v) is 12.7. The molecular weight excluding hydrogens is 464 g/mol. The van der Waals surface area contributed by atoms with Crippen LogP contribution in [0.5, 0.6) is 23.0 Å². The van der Waals surface area contributed by atoms with Crippen molar-refractivity contribution in [3.63, 3.8) is 0 Å². The van der Waals surface area contributed by atoms with Gasteiger partial charge < -0.3 is 24.4 Å². The average Bonchev–Trinajstić information content (AvgIpc) is 2.93. The van der Waals surface area contributed by atoms with Crippen molar-refractivity contribution in [2.45, 2.75) is 38.9 Å². The van der Waals surface area contributed by atoms with Crippen molar-refractivity contribution < 1.29 is 24.4 Å². The lowest BCUT2D eigenvalue weighted by Crippen LogP contribution is -2.00. The molecule has 4 aromatic rings. The van der Waals surface area contributed by atoms with Crippen LogP contribution in [0.4, 0.5) is 0 Å². The molecule has 0 aliphatic rings. The standard InChI is InChI=1S/C32H34O5/c33-29-13-5-27(6-14-29)23-36-31-17-9-25(10-18-31)3-1-21-35-22-2-4-26-11-19-32(20-12-26)37-24-28-7-15-30(34)16-8-28/h5-20,33-34H,1-4,21-24H2. The van der Waals surface area contributed by atoms with Crippen LogP contribution in [0.15, 0.2) is 97.1 Å². The summed E-state index contributed by atoms with van der Waals surface area (Å²) in [7, 11) is 0. The second-order valence-corrected chi connectivity index (χ2v) is 9.02. The van der Waals surface area contributed by atoms with Crippen LogP contribution in [0, 0.1) is 0 Å². The predicted molar refractivity (Wildman–Crippen MR) is 145 cm³/mol. The first kappa shape index (κ1) is 26.1. The molecule has 0 amide bonds. The Labute approximate surface area is 218 Å². The van der Waals surface area contributed by atoms with Crippen LogP contribution in [-0.2, 0) is 30.8 Å². The number of ether oxygens (including phenoxy) is 3. The summed E-state index contributed by atoms with van der Waals surface area (Å²) in [5.41, 5.74) is 4.58. The van der Waals surface area contributed by atoms with Gasteiger partial charge in [0.05, 0.1) is 0 Å². The Kier molecular flexibility index (Phi) is 9.85. The normalized spacial score (nSPS) is 10.8. The smallest absolute Gasteiger partial charge is 0.119 e. The van der Waals surface area contributed by atoms with Gasteiger partial charge in [0.2, 0.25) is 0 Å². The van der Waals surface area contributed by atoms with Crippen LogP contribution in [0.3, 0.4) is 0 Å². The van der Waals surface area contributed by atoms with E-state index in [1.807, 2.05) is 48.5 Å². The second-order valence-electron chi connectivity index (χ2n) is 9.02. The fourth-order valence-electron chi connectivity index (χ4n) is 3.88. The second kappa shape index (κ2) is 14.0. The van der Waals surface area contributed by atoms with Crippen LogP contribution < -0.4 is 9.47 Å². The van der Waals surface area contributed by atoms with E-state index in [1.165, 1.54) is 11.1 Å². The zero-order valence-corrected chi connectivity index (χ0v) is 21.0. The molecule has 5 heteroatoms. The Bertz CT molecular complexity index is 1090. The first-order valence-electron chi connectivity index (χ1n) is 12.7. The van der Waals surface area contributed by atoms with Crippen molar-refractivity contribution in [2.24, 2.45) is 0 Å². The number of hydrogen-bond acceptors (Lipinski definition) is 5. The molecular formula is C32H34O5. The Morgan fingerprint density at radius 1 is 0.432 bits per heavy atom. The Hall–Kier alpha value is -3.96. The molecule has 2 N–H and O–H groups in total. The lowest BCUT2D eigenvalue weighted by atomic mass is 10.1. The Morgan fingerprint density at radius 2 is 0.784 bits per heavy atom. The molecule has 0 fully saturated rings. The molecule has 4 rings (SSSR count). The molecule has 0 heterocycles. The molecule has 0 aliphatic heterocycles. The van der Waals surface area contributed by atoms with E-state index in [9.17, 15) is 10.2 Å². The molecule has 0 aromatic heterocycles. The third-order valence-electron chi connectivity index (χ3n) is 6.04. The summed E-state index contributed by atoms with van der Waals surface area (Å²) in [6.45, 7) is 2.46. The van der Waals surface area contributed by atoms with Gasteiger partial charge in [-0.05, 0) is 96.5 Å². The number of rotatable bonds is 14. The number of phenols is 2. The molecule has 0 saturated carbocycles. The minimum absolute atomic E-state index is 0.261. The van der Waals surface area contributed by atoms with Crippen molar-refractivity contribution in [3.8, 4) is 23.0 Å². The quantitative estimate of drug-likeness (QED) is 0.186. The Balaban J connectivity index is 1.05. The molecule has 0 saturated heterocycles. The van der Waals surface area contributed by atoms with Gasteiger partial charge in [-0.3, -0.25) is 0 Å². The number of benzene rings is 4. The highest BCUT2D eigenvalue weighted by molar-refractivity contribution is 5.30. The zero-order chi connectivity index (χ0) is 25.7. The maximum absolute atomic E-state index is 9.35. The zero-order valence-electron chi connectivity index (χ0n) is 21.0. The van der Waals surface area contributed by atoms with E-state index >= 15 is 0 Å². The largest absolute Gasteiger partial charge is 0.508 e.